The largest absolute Gasteiger partial charge is 0.467 e. The molecule has 3 aliphatic rings. The maximum Gasteiger partial charge on any atom is 0.328 e. The molecule has 3 heterocycles. The second-order valence-electron chi connectivity index (χ2n) is 6.72. The van der Waals surface area contributed by atoms with Gasteiger partial charge < -0.3 is 14.4 Å². The van der Waals surface area contributed by atoms with E-state index in [0.29, 0.717) is 0 Å². The summed E-state index contributed by atoms with van der Waals surface area (Å²) in [7, 11) is 1.46. The first-order valence-electron chi connectivity index (χ1n) is 7.87. The number of ether oxygens (including phenoxy) is 2. The molecule has 2 unspecified atom stereocenters. The van der Waals surface area contributed by atoms with Crippen molar-refractivity contribution in [1.29, 1.82) is 0 Å². The highest BCUT2D eigenvalue weighted by molar-refractivity contribution is 5.82. The minimum Gasteiger partial charge on any atom is -0.467 e. The smallest absolute Gasteiger partial charge is 0.328 e. The first-order chi connectivity index (χ1) is 10.5. The fourth-order valence-electron chi connectivity index (χ4n) is 4.26. The van der Waals surface area contributed by atoms with Gasteiger partial charge in [0.2, 0.25) is 0 Å². The van der Waals surface area contributed by atoms with Crippen LogP contribution >= 0.6 is 0 Å². The highest BCUT2D eigenvalue weighted by Crippen LogP contribution is 2.56. The maximum absolute atomic E-state index is 12.1. The minimum atomic E-state index is -0.399. The molecule has 0 radical (unpaired) electrons. The molecular weight excluding hydrogens is 278 g/mol. The van der Waals surface area contributed by atoms with Crippen LogP contribution in [0.2, 0.25) is 0 Å². The number of fused-ring (bicyclic) bond motifs is 5. The summed E-state index contributed by atoms with van der Waals surface area (Å²) < 4.78 is 11.3. The molecule has 22 heavy (non-hydrogen) atoms. The summed E-state index contributed by atoms with van der Waals surface area (Å²) in [6, 6.07) is 6.12. The van der Waals surface area contributed by atoms with Crippen LogP contribution < -0.4 is 4.90 Å². The topological polar surface area (TPSA) is 38.8 Å². The standard InChI is InChI=1S/C18H21NO3/c1-17-9-10-18(2,22-17)15-12(17)6-4-7-13(15)19-11-5-8-14(19)16(20)21-3/h4,6-7,9-10,14H,5,8,11H2,1-3H3/t14-,17?,18?/m0/s1. The molecule has 0 aromatic heterocycles. The van der Waals surface area contributed by atoms with Gasteiger partial charge in [-0.25, -0.2) is 4.79 Å². The van der Waals surface area contributed by atoms with Crippen LogP contribution in [0.1, 0.15) is 37.8 Å². The van der Waals surface area contributed by atoms with Gasteiger partial charge in [-0.2, -0.15) is 0 Å². The van der Waals surface area contributed by atoms with Crippen LogP contribution in [0.3, 0.4) is 0 Å². The first kappa shape index (κ1) is 13.8. The number of nitrogens with zero attached hydrogens (tertiary/aromatic N) is 1. The molecule has 116 valence electrons. The number of carbonyl (C=O) groups excluding carboxylic acids is 1. The van der Waals surface area contributed by atoms with Gasteiger partial charge >= 0.3 is 5.97 Å². The second kappa shape index (κ2) is 4.35. The molecule has 0 saturated carbocycles. The number of hydrogen-bond acceptors (Lipinski definition) is 4. The van der Waals surface area contributed by atoms with E-state index in [0.717, 1.165) is 25.1 Å². The Bertz CT molecular complexity index is 683. The van der Waals surface area contributed by atoms with Crippen molar-refractivity contribution in [1.82, 2.24) is 0 Å². The van der Waals surface area contributed by atoms with Crippen LogP contribution in [0.25, 0.3) is 0 Å². The number of anilines is 1. The molecule has 4 rings (SSSR count). The lowest BCUT2D eigenvalue weighted by Gasteiger charge is -2.31. The van der Waals surface area contributed by atoms with Gasteiger partial charge in [0.1, 0.15) is 17.2 Å². The van der Waals surface area contributed by atoms with Crippen LogP contribution in [0.15, 0.2) is 30.4 Å². The lowest BCUT2D eigenvalue weighted by molar-refractivity contribution is -0.141. The Kier molecular flexibility index (Phi) is 2.74. The summed E-state index contributed by atoms with van der Waals surface area (Å²) in [5, 5.41) is 0. The molecule has 0 amide bonds. The molecule has 0 aliphatic carbocycles. The van der Waals surface area contributed by atoms with Gasteiger partial charge in [-0.3, -0.25) is 0 Å². The van der Waals surface area contributed by atoms with E-state index in [1.165, 1.54) is 18.2 Å². The number of hydrogen-bond donors (Lipinski definition) is 0. The molecule has 4 nitrogen and oxygen atoms in total. The Balaban J connectivity index is 1.83. The van der Waals surface area contributed by atoms with E-state index in [-0.39, 0.29) is 17.6 Å². The number of carbonyl (C=O) groups is 1. The molecule has 2 bridgehead atoms. The van der Waals surface area contributed by atoms with E-state index in [9.17, 15) is 4.79 Å². The van der Waals surface area contributed by atoms with Crippen LogP contribution in [-0.4, -0.2) is 25.7 Å². The predicted molar refractivity (Wildman–Crippen MR) is 83.8 cm³/mol. The zero-order chi connectivity index (χ0) is 15.5. The highest BCUT2D eigenvalue weighted by atomic mass is 16.5. The van der Waals surface area contributed by atoms with Gasteiger partial charge in [-0.05, 0) is 50.5 Å². The number of benzene rings is 1. The molecule has 1 saturated heterocycles. The minimum absolute atomic E-state index is 0.147. The maximum atomic E-state index is 12.1. The number of esters is 1. The van der Waals surface area contributed by atoms with E-state index in [4.69, 9.17) is 9.47 Å². The first-order valence-corrected chi connectivity index (χ1v) is 7.87. The van der Waals surface area contributed by atoms with Crippen LogP contribution in [0.4, 0.5) is 5.69 Å². The monoisotopic (exact) mass is 299 g/mol. The van der Waals surface area contributed by atoms with E-state index in [2.05, 4.69) is 49.1 Å². The summed E-state index contributed by atoms with van der Waals surface area (Å²) in [5.74, 6) is -0.147. The summed E-state index contributed by atoms with van der Waals surface area (Å²) in [4.78, 5) is 14.3. The number of methoxy groups -OCH3 is 1. The van der Waals surface area contributed by atoms with Crippen molar-refractivity contribution in [2.45, 2.75) is 43.9 Å². The Morgan fingerprint density at radius 2 is 2.09 bits per heavy atom. The van der Waals surface area contributed by atoms with Gasteiger partial charge in [0, 0.05) is 17.8 Å². The van der Waals surface area contributed by atoms with Crippen molar-refractivity contribution < 1.29 is 14.3 Å². The summed E-state index contributed by atoms with van der Waals surface area (Å²) in [6.45, 7) is 5.09. The van der Waals surface area contributed by atoms with Crippen molar-refractivity contribution in [3.63, 3.8) is 0 Å². The van der Waals surface area contributed by atoms with E-state index in [1.807, 2.05) is 0 Å². The van der Waals surface area contributed by atoms with Crippen LogP contribution in [0.5, 0.6) is 0 Å². The average Bonchev–Trinajstić information content (AvgIpc) is 3.16. The normalized spacial score (nSPS) is 35.0. The average molecular weight is 299 g/mol. The molecule has 0 spiro atoms. The van der Waals surface area contributed by atoms with Crippen molar-refractivity contribution in [3.05, 3.63) is 41.5 Å². The zero-order valence-electron chi connectivity index (χ0n) is 13.3. The molecule has 3 aliphatic heterocycles. The number of rotatable bonds is 2. The third kappa shape index (κ3) is 1.64. The molecular formula is C18H21NO3. The molecule has 3 atom stereocenters. The second-order valence-corrected chi connectivity index (χ2v) is 6.72. The third-order valence-electron chi connectivity index (χ3n) is 5.25. The zero-order valence-corrected chi connectivity index (χ0v) is 13.3. The Labute approximate surface area is 130 Å². The van der Waals surface area contributed by atoms with Crippen LogP contribution in [-0.2, 0) is 25.5 Å². The van der Waals surface area contributed by atoms with E-state index >= 15 is 0 Å². The van der Waals surface area contributed by atoms with Crippen molar-refractivity contribution in [2.75, 3.05) is 18.6 Å². The highest BCUT2D eigenvalue weighted by Gasteiger charge is 2.52. The molecule has 1 fully saturated rings. The quantitative estimate of drug-likeness (QED) is 0.622. The van der Waals surface area contributed by atoms with Crippen molar-refractivity contribution >= 4 is 11.7 Å². The fraction of sp³-hybridized carbons (Fsp3) is 0.500. The van der Waals surface area contributed by atoms with E-state index < -0.39 is 5.60 Å². The van der Waals surface area contributed by atoms with Crippen LogP contribution in [0, 0.1) is 0 Å². The third-order valence-corrected chi connectivity index (χ3v) is 5.25. The van der Waals surface area contributed by atoms with Crippen molar-refractivity contribution in [2.24, 2.45) is 0 Å². The molecule has 0 N–H and O–H groups in total. The molecule has 4 heteroatoms. The fourth-order valence-corrected chi connectivity index (χ4v) is 4.26. The van der Waals surface area contributed by atoms with Gasteiger partial charge in [0.25, 0.3) is 0 Å². The lowest BCUT2D eigenvalue weighted by atomic mass is 9.82. The van der Waals surface area contributed by atoms with Gasteiger partial charge in [0.05, 0.1) is 7.11 Å². The summed E-state index contributed by atoms with van der Waals surface area (Å²) in [5.41, 5.74) is 2.78. The Morgan fingerprint density at radius 1 is 1.32 bits per heavy atom. The lowest BCUT2D eigenvalue weighted by Crippen LogP contribution is -2.38. The molecule has 1 aromatic carbocycles. The Morgan fingerprint density at radius 3 is 2.86 bits per heavy atom. The van der Waals surface area contributed by atoms with Gasteiger partial charge in [-0.15, -0.1) is 0 Å². The summed E-state index contributed by atoms with van der Waals surface area (Å²) >= 11 is 0. The Hall–Kier alpha value is -1.81. The SMILES string of the molecule is COC(=O)[C@@H]1CCCN1c1cccc2c1C1(C)C=CC2(C)O1. The van der Waals surface area contributed by atoms with E-state index in [1.54, 1.807) is 0 Å². The summed E-state index contributed by atoms with van der Waals surface area (Å²) in [6.07, 6.45) is 6.14. The van der Waals surface area contributed by atoms with Crippen molar-refractivity contribution in [3.8, 4) is 0 Å². The van der Waals surface area contributed by atoms with Gasteiger partial charge in [-0.1, -0.05) is 12.1 Å². The molecule has 1 aromatic rings. The predicted octanol–water partition coefficient (Wildman–Crippen LogP) is 2.86. The van der Waals surface area contributed by atoms with Gasteiger partial charge in [0.15, 0.2) is 0 Å².